The van der Waals surface area contributed by atoms with Gasteiger partial charge in [0.05, 0.1) is 35.3 Å². The predicted octanol–water partition coefficient (Wildman–Crippen LogP) is 4.90. The highest BCUT2D eigenvalue weighted by molar-refractivity contribution is 6.30. The highest BCUT2D eigenvalue weighted by Crippen LogP contribution is 2.39. The number of halogens is 2. The largest absolute Gasteiger partial charge is 0.467 e. The summed E-state index contributed by atoms with van der Waals surface area (Å²) in [5.41, 5.74) is -2.13. The van der Waals surface area contributed by atoms with Crippen LogP contribution in [0.5, 0.6) is 0 Å². The van der Waals surface area contributed by atoms with Gasteiger partial charge in [0.25, 0.3) is 0 Å². The minimum Gasteiger partial charge on any atom is -0.467 e. The van der Waals surface area contributed by atoms with E-state index in [4.69, 9.17) is 21.1 Å². The number of carbonyl (C=O) groups excluding carboxylic acids is 2. The first-order valence-corrected chi connectivity index (χ1v) is 14.2. The van der Waals surface area contributed by atoms with Gasteiger partial charge in [-0.15, -0.1) is 0 Å². The van der Waals surface area contributed by atoms with Gasteiger partial charge in [-0.25, -0.2) is 19.0 Å². The Morgan fingerprint density at radius 2 is 1.89 bits per heavy atom. The highest BCUT2D eigenvalue weighted by Gasteiger charge is 2.44. The van der Waals surface area contributed by atoms with Crippen molar-refractivity contribution < 1.29 is 28.4 Å². The molecule has 0 aromatic carbocycles. The van der Waals surface area contributed by atoms with Crippen molar-refractivity contribution in [1.29, 1.82) is 0 Å². The van der Waals surface area contributed by atoms with E-state index in [0.29, 0.717) is 11.3 Å². The SMILES string of the molecule is COC(=O)[C@H]1CN(C(=O)OC(C)(C)C)[C@H](C)CN1c1c([N+](=O)[O-])c(=O)n(-c2c(C)ccnc2C(C)C)c2nc(Cl)c(F)cc12. The first-order valence-electron chi connectivity index (χ1n) is 13.9. The summed E-state index contributed by atoms with van der Waals surface area (Å²) in [5, 5.41) is 12.0. The molecule has 0 N–H and O–H groups in total. The Labute approximate surface area is 257 Å². The molecule has 1 aliphatic heterocycles. The molecule has 0 unspecified atom stereocenters. The summed E-state index contributed by atoms with van der Waals surface area (Å²) in [6.07, 6.45) is 0.845. The maximum Gasteiger partial charge on any atom is 0.410 e. The quantitative estimate of drug-likeness (QED) is 0.164. The zero-order valence-corrected chi connectivity index (χ0v) is 26.4. The molecular weight excluding hydrogens is 599 g/mol. The lowest BCUT2D eigenvalue weighted by Crippen LogP contribution is -2.62. The second-order valence-corrected chi connectivity index (χ2v) is 12.3. The van der Waals surface area contributed by atoms with Gasteiger partial charge in [0.2, 0.25) is 0 Å². The molecular formula is C29H34ClFN6O7. The van der Waals surface area contributed by atoms with Crippen molar-refractivity contribution in [3.63, 3.8) is 0 Å². The number of nitro groups is 1. The number of hydrogen-bond acceptors (Lipinski definition) is 10. The Kier molecular flexibility index (Phi) is 8.87. The van der Waals surface area contributed by atoms with Gasteiger partial charge >= 0.3 is 23.3 Å². The van der Waals surface area contributed by atoms with Gasteiger partial charge in [-0.3, -0.25) is 24.5 Å². The maximum atomic E-state index is 15.1. The lowest BCUT2D eigenvalue weighted by Gasteiger charge is -2.44. The Bertz CT molecular complexity index is 1720. The molecule has 3 aromatic rings. The van der Waals surface area contributed by atoms with Crippen LogP contribution in [-0.4, -0.2) is 74.3 Å². The molecule has 4 heterocycles. The monoisotopic (exact) mass is 632 g/mol. The normalized spacial score (nSPS) is 17.2. The number of anilines is 1. The van der Waals surface area contributed by atoms with E-state index in [2.05, 4.69) is 9.97 Å². The third kappa shape index (κ3) is 5.90. The number of rotatable bonds is 5. The Balaban J connectivity index is 2.09. The summed E-state index contributed by atoms with van der Waals surface area (Å²) in [4.78, 5) is 63.5. The molecule has 1 amide bonds. The van der Waals surface area contributed by atoms with E-state index in [1.165, 1.54) is 9.80 Å². The van der Waals surface area contributed by atoms with Gasteiger partial charge < -0.3 is 19.3 Å². The topological polar surface area (TPSA) is 150 Å². The van der Waals surface area contributed by atoms with E-state index in [-0.39, 0.29) is 41.4 Å². The number of ether oxygens (including phenoxy) is 2. The third-order valence-electron chi connectivity index (χ3n) is 7.24. The average Bonchev–Trinajstić information content (AvgIpc) is 2.92. The number of methoxy groups -OCH3 is 1. The van der Waals surface area contributed by atoms with Crippen molar-refractivity contribution in [2.24, 2.45) is 0 Å². The second kappa shape index (κ2) is 12.0. The fraction of sp³-hybridized carbons (Fsp3) is 0.483. The molecule has 0 radical (unpaired) electrons. The maximum absolute atomic E-state index is 15.1. The molecule has 3 aromatic heterocycles. The third-order valence-corrected chi connectivity index (χ3v) is 7.51. The van der Waals surface area contributed by atoms with E-state index >= 15 is 4.39 Å². The molecule has 236 valence electrons. The van der Waals surface area contributed by atoms with E-state index in [9.17, 15) is 24.5 Å². The van der Waals surface area contributed by atoms with Gasteiger partial charge in [0.1, 0.15) is 17.3 Å². The standard InChI is InChI=1S/C29H34ClFN6O7/c1-14(2)20-21(15(3)9-10-32-20)36-25-17(11-18(31)24(30)33-25)22(23(26(36)38)37(41)42)35-12-16(4)34(13-19(35)27(39)43-8)28(40)44-29(5,6)7/h9-11,14,16,19H,12-13H2,1-8H3/t16-,19-/m1/s1. The minimum absolute atomic E-state index is 0.150. The number of hydrogen-bond donors (Lipinski definition) is 0. The number of carbonyl (C=O) groups is 2. The number of esters is 1. The van der Waals surface area contributed by atoms with Gasteiger partial charge in [-0.05, 0) is 58.2 Å². The highest BCUT2D eigenvalue weighted by atomic mass is 35.5. The average molecular weight is 633 g/mol. The van der Waals surface area contributed by atoms with Crippen molar-refractivity contribution in [2.75, 3.05) is 25.1 Å². The van der Waals surface area contributed by atoms with Crippen LogP contribution in [0, 0.1) is 22.9 Å². The Hall–Kier alpha value is -4.33. The molecule has 4 rings (SSSR count). The molecule has 1 aliphatic rings. The van der Waals surface area contributed by atoms with E-state index in [1.807, 2.05) is 13.8 Å². The number of piperazine rings is 1. The molecule has 2 atom stereocenters. The van der Waals surface area contributed by atoms with E-state index < -0.39 is 56.9 Å². The summed E-state index contributed by atoms with van der Waals surface area (Å²) < 4.78 is 26.7. The van der Waals surface area contributed by atoms with Crippen molar-refractivity contribution in [3.8, 4) is 5.69 Å². The summed E-state index contributed by atoms with van der Waals surface area (Å²) in [5.74, 6) is -2.06. The molecule has 0 bridgehead atoms. The summed E-state index contributed by atoms with van der Waals surface area (Å²) in [7, 11) is 1.13. The number of aryl methyl sites for hydroxylation is 1. The zero-order chi connectivity index (χ0) is 32.8. The summed E-state index contributed by atoms with van der Waals surface area (Å²) in [6.45, 7) is 11.6. The fourth-order valence-corrected chi connectivity index (χ4v) is 5.45. The van der Waals surface area contributed by atoms with Crippen molar-refractivity contribution in [1.82, 2.24) is 19.4 Å². The van der Waals surface area contributed by atoms with Crippen molar-refractivity contribution >= 4 is 46.1 Å². The summed E-state index contributed by atoms with van der Waals surface area (Å²) >= 11 is 6.12. The predicted molar refractivity (Wildman–Crippen MR) is 161 cm³/mol. The molecule has 1 saturated heterocycles. The Morgan fingerprint density at radius 1 is 1.23 bits per heavy atom. The first kappa shape index (κ1) is 32.6. The van der Waals surface area contributed by atoms with Crippen LogP contribution in [0.4, 0.5) is 20.6 Å². The van der Waals surface area contributed by atoms with Crippen LogP contribution in [0.25, 0.3) is 16.7 Å². The lowest BCUT2D eigenvalue weighted by molar-refractivity contribution is -0.385. The second-order valence-electron chi connectivity index (χ2n) is 11.9. The van der Waals surface area contributed by atoms with Crippen LogP contribution < -0.4 is 10.5 Å². The van der Waals surface area contributed by atoms with E-state index in [0.717, 1.165) is 17.7 Å². The zero-order valence-electron chi connectivity index (χ0n) is 25.7. The van der Waals surface area contributed by atoms with E-state index in [1.54, 1.807) is 46.9 Å². The smallest absolute Gasteiger partial charge is 0.410 e. The molecule has 0 aliphatic carbocycles. The van der Waals surface area contributed by atoms with Gasteiger partial charge in [0.15, 0.2) is 16.6 Å². The van der Waals surface area contributed by atoms with Crippen LogP contribution in [0.15, 0.2) is 23.1 Å². The van der Waals surface area contributed by atoms with Crippen LogP contribution in [-0.2, 0) is 14.3 Å². The number of aromatic nitrogens is 3. The number of pyridine rings is 3. The molecule has 44 heavy (non-hydrogen) atoms. The van der Waals surface area contributed by atoms with Crippen molar-refractivity contribution in [2.45, 2.75) is 72.1 Å². The van der Waals surface area contributed by atoms with Gasteiger partial charge in [0, 0.05) is 18.8 Å². The van der Waals surface area contributed by atoms with Crippen LogP contribution in [0.3, 0.4) is 0 Å². The number of nitrogens with zero attached hydrogens (tertiary/aromatic N) is 6. The molecule has 15 heteroatoms. The van der Waals surface area contributed by atoms with Gasteiger partial charge in [-0.1, -0.05) is 25.4 Å². The first-order chi connectivity index (χ1) is 20.5. The van der Waals surface area contributed by atoms with Gasteiger partial charge in [-0.2, -0.15) is 0 Å². The molecule has 0 spiro atoms. The van der Waals surface area contributed by atoms with Crippen LogP contribution in [0.1, 0.15) is 58.7 Å². The Morgan fingerprint density at radius 3 is 2.45 bits per heavy atom. The summed E-state index contributed by atoms with van der Waals surface area (Å²) in [6, 6.07) is 0.588. The number of fused-ring (bicyclic) bond motifs is 1. The molecule has 0 saturated carbocycles. The number of amides is 1. The lowest BCUT2D eigenvalue weighted by atomic mass is 10.0. The minimum atomic E-state index is -1.33. The molecule has 1 fully saturated rings. The molecule has 13 nitrogen and oxygen atoms in total. The van der Waals surface area contributed by atoms with Crippen LogP contribution >= 0.6 is 11.6 Å². The van der Waals surface area contributed by atoms with Crippen LogP contribution in [0.2, 0.25) is 5.15 Å². The fourth-order valence-electron chi connectivity index (χ4n) is 5.32. The van der Waals surface area contributed by atoms with Crippen molar-refractivity contribution in [3.05, 3.63) is 61.0 Å².